The first-order valence-corrected chi connectivity index (χ1v) is 7.68. The third kappa shape index (κ3) is 2.72. The highest BCUT2D eigenvalue weighted by atomic mass is 35.5. The van der Waals surface area contributed by atoms with Crippen molar-refractivity contribution in [2.24, 2.45) is 0 Å². The van der Waals surface area contributed by atoms with Crippen molar-refractivity contribution in [3.05, 3.63) is 51.3 Å². The summed E-state index contributed by atoms with van der Waals surface area (Å²) >= 11 is 7.39. The zero-order valence-corrected chi connectivity index (χ0v) is 12.9. The Morgan fingerprint density at radius 2 is 2.10 bits per heavy atom. The van der Waals surface area contributed by atoms with Crippen LogP contribution in [0.25, 0.3) is 21.3 Å². The minimum atomic E-state index is -0.0387. The molecule has 2 aromatic heterocycles. The average Bonchev–Trinajstić information content (AvgIpc) is 2.92. The summed E-state index contributed by atoms with van der Waals surface area (Å²) in [5.41, 5.74) is 1.83. The lowest BCUT2D eigenvalue weighted by molar-refractivity contribution is 0.186. The summed E-state index contributed by atoms with van der Waals surface area (Å²) in [4.78, 5) is 17.7. The van der Waals surface area contributed by atoms with E-state index in [0.29, 0.717) is 23.6 Å². The lowest BCUT2D eigenvalue weighted by Gasteiger charge is -2.05. The van der Waals surface area contributed by atoms with Gasteiger partial charge in [0.15, 0.2) is 0 Å². The van der Waals surface area contributed by atoms with Crippen LogP contribution in [0.2, 0.25) is 5.02 Å². The molecular weight excluding hydrogens is 308 g/mol. The highest BCUT2D eigenvalue weighted by Crippen LogP contribution is 2.31. The van der Waals surface area contributed by atoms with Crippen LogP contribution in [0.1, 0.15) is 0 Å². The second kappa shape index (κ2) is 5.97. The van der Waals surface area contributed by atoms with Gasteiger partial charge in [-0.3, -0.25) is 9.36 Å². The fraction of sp³-hybridized carbons (Fsp3) is 0.200. The van der Waals surface area contributed by atoms with Gasteiger partial charge in [0.25, 0.3) is 5.56 Å². The number of benzene rings is 1. The van der Waals surface area contributed by atoms with Crippen molar-refractivity contribution in [1.29, 1.82) is 0 Å². The summed E-state index contributed by atoms with van der Waals surface area (Å²) in [6, 6.07) is 7.46. The summed E-state index contributed by atoms with van der Waals surface area (Å²) in [6.45, 7) is 0.974. The molecule has 0 saturated carbocycles. The van der Waals surface area contributed by atoms with Gasteiger partial charge in [-0.05, 0) is 17.7 Å². The van der Waals surface area contributed by atoms with E-state index in [-0.39, 0.29) is 5.56 Å². The molecule has 0 saturated heterocycles. The molecule has 6 heteroatoms. The number of aromatic nitrogens is 2. The summed E-state index contributed by atoms with van der Waals surface area (Å²) < 4.78 is 6.60. The van der Waals surface area contributed by atoms with Crippen LogP contribution in [0.4, 0.5) is 0 Å². The zero-order valence-electron chi connectivity index (χ0n) is 11.4. The second-order valence-corrected chi connectivity index (χ2v) is 5.87. The third-order valence-corrected chi connectivity index (χ3v) is 4.39. The maximum absolute atomic E-state index is 12.6. The molecular formula is C15H13ClN2O2S. The highest BCUT2D eigenvalue weighted by molar-refractivity contribution is 7.17. The monoisotopic (exact) mass is 320 g/mol. The Balaban J connectivity index is 2.15. The molecule has 0 fully saturated rings. The number of nitrogens with zero attached hydrogens (tertiary/aromatic N) is 2. The Hall–Kier alpha value is -1.69. The molecule has 108 valence electrons. The van der Waals surface area contributed by atoms with Crippen LogP contribution in [-0.4, -0.2) is 23.3 Å². The first kappa shape index (κ1) is 14.3. The van der Waals surface area contributed by atoms with Gasteiger partial charge in [0.2, 0.25) is 0 Å². The molecule has 0 radical (unpaired) electrons. The van der Waals surface area contributed by atoms with Crippen molar-refractivity contribution in [1.82, 2.24) is 9.55 Å². The summed E-state index contributed by atoms with van der Waals surface area (Å²) in [6.07, 6.45) is 1.58. The lowest BCUT2D eigenvalue weighted by Crippen LogP contribution is -2.22. The standard InChI is InChI=1S/C15H13ClN2O2S/c1-20-7-6-18-9-17-14-13(15(18)19)12(8-21-14)10-2-4-11(16)5-3-10/h2-5,8-9H,6-7H2,1H3. The predicted molar refractivity (Wildman–Crippen MR) is 86.2 cm³/mol. The van der Waals surface area contributed by atoms with Gasteiger partial charge in [-0.25, -0.2) is 4.98 Å². The van der Waals surface area contributed by atoms with Crippen LogP contribution >= 0.6 is 22.9 Å². The number of methoxy groups -OCH3 is 1. The molecule has 2 heterocycles. The number of hydrogen-bond acceptors (Lipinski definition) is 4. The zero-order chi connectivity index (χ0) is 14.8. The number of fused-ring (bicyclic) bond motifs is 1. The maximum atomic E-state index is 12.6. The molecule has 3 aromatic rings. The van der Waals surface area contributed by atoms with Crippen LogP contribution in [-0.2, 0) is 11.3 Å². The Labute approximate surface area is 130 Å². The quantitative estimate of drug-likeness (QED) is 0.740. The predicted octanol–water partition coefficient (Wildman–Crippen LogP) is 3.42. The van der Waals surface area contributed by atoms with Gasteiger partial charge in [-0.15, -0.1) is 11.3 Å². The number of halogens is 1. The van der Waals surface area contributed by atoms with E-state index in [4.69, 9.17) is 16.3 Å². The van der Waals surface area contributed by atoms with Gasteiger partial charge < -0.3 is 4.74 Å². The fourth-order valence-electron chi connectivity index (χ4n) is 2.16. The first-order chi connectivity index (χ1) is 10.2. The van der Waals surface area contributed by atoms with E-state index in [1.54, 1.807) is 18.0 Å². The van der Waals surface area contributed by atoms with Crippen molar-refractivity contribution in [3.8, 4) is 11.1 Å². The molecule has 0 aliphatic rings. The third-order valence-electron chi connectivity index (χ3n) is 3.25. The van der Waals surface area contributed by atoms with Gasteiger partial charge in [-0.2, -0.15) is 0 Å². The van der Waals surface area contributed by atoms with E-state index in [2.05, 4.69) is 4.98 Å². The van der Waals surface area contributed by atoms with E-state index in [0.717, 1.165) is 16.0 Å². The topological polar surface area (TPSA) is 44.1 Å². The number of rotatable bonds is 4. The van der Waals surface area contributed by atoms with Crippen molar-refractivity contribution in [2.75, 3.05) is 13.7 Å². The number of ether oxygens (including phenoxy) is 1. The van der Waals surface area contributed by atoms with Gasteiger partial charge in [-0.1, -0.05) is 23.7 Å². The molecule has 0 unspecified atom stereocenters. The van der Waals surface area contributed by atoms with Gasteiger partial charge >= 0.3 is 0 Å². The second-order valence-electron chi connectivity index (χ2n) is 4.57. The van der Waals surface area contributed by atoms with E-state index in [1.165, 1.54) is 11.3 Å². The van der Waals surface area contributed by atoms with Crippen molar-refractivity contribution >= 4 is 33.2 Å². The summed E-state index contributed by atoms with van der Waals surface area (Å²) in [7, 11) is 1.61. The highest BCUT2D eigenvalue weighted by Gasteiger charge is 2.13. The Bertz CT molecular complexity index is 824. The van der Waals surface area contributed by atoms with E-state index < -0.39 is 0 Å². The molecule has 0 aliphatic heterocycles. The number of hydrogen-bond donors (Lipinski definition) is 0. The van der Waals surface area contributed by atoms with E-state index in [1.807, 2.05) is 29.6 Å². The molecule has 0 N–H and O–H groups in total. The van der Waals surface area contributed by atoms with Crippen LogP contribution in [0, 0.1) is 0 Å². The van der Waals surface area contributed by atoms with Crippen LogP contribution < -0.4 is 5.56 Å². The Morgan fingerprint density at radius 3 is 2.81 bits per heavy atom. The number of thiophene rings is 1. The SMILES string of the molecule is COCCn1cnc2scc(-c3ccc(Cl)cc3)c2c1=O. The average molecular weight is 321 g/mol. The fourth-order valence-corrected chi connectivity index (χ4v) is 3.19. The summed E-state index contributed by atoms with van der Waals surface area (Å²) in [5, 5.41) is 3.29. The van der Waals surface area contributed by atoms with Crippen molar-refractivity contribution in [3.63, 3.8) is 0 Å². The van der Waals surface area contributed by atoms with E-state index >= 15 is 0 Å². The van der Waals surface area contributed by atoms with Gasteiger partial charge in [0.05, 0.1) is 24.9 Å². The molecule has 3 rings (SSSR count). The Morgan fingerprint density at radius 1 is 1.33 bits per heavy atom. The molecule has 1 aromatic carbocycles. The molecule has 0 spiro atoms. The Kier molecular flexibility index (Phi) is 4.05. The maximum Gasteiger partial charge on any atom is 0.262 e. The molecule has 21 heavy (non-hydrogen) atoms. The molecule has 0 amide bonds. The van der Waals surface area contributed by atoms with Crippen LogP contribution in [0.5, 0.6) is 0 Å². The van der Waals surface area contributed by atoms with Crippen molar-refractivity contribution in [2.45, 2.75) is 6.54 Å². The van der Waals surface area contributed by atoms with Crippen LogP contribution in [0.3, 0.4) is 0 Å². The smallest absolute Gasteiger partial charge is 0.262 e. The van der Waals surface area contributed by atoms with Gasteiger partial charge in [0.1, 0.15) is 4.83 Å². The molecule has 0 aliphatic carbocycles. The first-order valence-electron chi connectivity index (χ1n) is 6.42. The van der Waals surface area contributed by atoms with Crippen LogP contribution in [0.15, 0.2) is 40.8 Å². The molecule has 4 nitrogen and oxygen atoms in total. The van der Waals surface area contributed by atoms with Gasteiger partial charge in [0, 0.05) is 23.1 Å². The lowest BCUT2D eigenvalue weighted by atomic mass is 10.1. The minimum absolute atomic E-state index is 0.0387. The summed E-state index contributed by atoms with van der Waals surface area (Å²) in [5.74, 6) is 0. The van der Waals surface area contributed by atoms with E-state index in [9.17, 15) is 4.79 Å². The molecule has 0 bridgehead atoms. The largest absolute Gasteiger partial charge is 0.383 e. The minimum Gasteiger partial charge on any atom is -0.383 e. The normalized spacial score (nSPS) is 11.1. The van der Waals surface area contributed by atoms with Crippen molar-refractivity contribution < 1.29 is 4.74 Å². The molecule has 0 atom stereocenters.